The van der Waals surface area contributed by atoms with Crippen molar-refractivity contribution in [2.45, 2.75) is 39.5 Å². The quantitative estimate of drug-likeness (QED) is 0.549. The molecule has 0 spiro atoms. The zero-order valence-electron chi connectivity index (χ0n) is 10.8. The molecule has 0 saturated heterocycles. The molecule has 0 aliphatic rings. The summed E-state index contributed by atoms with van der Waals surface area (Å²) in [5, 5.41) is 2.94. The van der Waals surface area contributed by atoms with Crippen molar-refractivity contribution in [3.8, 4) is 0 Å². The monoisotopic (exact) mass is 229 g/mol. The van der Waals surface area contributed by atoms with Crippen LogP contribution in [0.4, 0.5) is 0 Å². The molecule has 0 unspecified atom stereocenters. The van der Waals surface area contributed by atoms with Gasteiger partial charge in [0.05, 0.1) is 0 Å². The molecule has 0 bridgehead atoms. The van der Waals surface area contributed by atoms with Gasteiger partial charge in [-0.1, -0.05) is 20.3 Å². The largest absolute Gasteiger partial charge is 0.356 e. The molecule has 0 aromatic carbocycles. The van der Waals surface area contributed by atoms with Crippen molar-refractivity contribution in [1.29, 1.82) is 0 Å². The Balaban J connectivity index is 3.37. The molecule has 96 valence electrons. The second-order valence-electron chi connectivity index (χ2n) is 3.98. The number of rotatable bonds is 10. The summed E-state index contributed by atoms with van der Waals surface area (Å²) in [7, 11) is 0. The first kappa shape index (κ1) is 15.4. The average molecular weight is 229 g/mol. The van der Waals surface area contributed by atoms with Gasteiger partial charge in [0.2, 0.25) is 5.91 Å². The number of carbonyl (C=O) groups excluding carboxylic acids is 1. The van der Waals surface area contributed by atoms with Gasteiger partial charge in [-0.25, -0.2) is 0 Å². The minimum Gasteiger partial charge on any atom is -0.356 e. The molecule has 0 heterocycles. The minimum absolute atomic E-state index is 0.166. The number of hydrogen-bond donors (Lipinski definition) is 2. The number of amides is 1. The zero-order chi connectivity index (χ0) is 12.2. The number of carbonyl (C=O) groups is 1. The van der Waals surface area contributed by atoms with E-state index in [4.69, 9.17) is 5.73 Å². The molecular weight excluding hydrogens is 202 g/mol. The molecule has 0 saturated carbocycles. The second-order valence-corrected chi connectivity index (χ2v) is 3.98. The van der Waals surface area contributed by atoms with E-state index in [9.17, 15) is 4.79 Å². The molecule has 0 rings (SSSR count). The topological polar surface area (TPSA) is 58.4 Å². The number of nitrogens with one attached hydrogen (secondary N) is 1. The molecule has 0 aromatic heterocycles. The standard InChI is InChI=1S/C12H27N3O/c1-3-15(4-2)11-8-12(16)14-10-7-5-6-9-13/h3-11,13H2,1-2H3,(H,14,16). The van der Waals surface area contributed by atoms with E-state index in [1.165, 1.54) is 0 Å². The third-order valence-electron chi connectivity index (χ3n) is 2.75. The normalized spacial score (nSPS) is 10.8. The highest BCUT2D eigenvalue weighted by Crippen LogP contribution is 1.93. The molecule has 0 fully saturated rings. The molecule has 16 heavy (non-hydrogen) atoms. The number of nitrogens with two attached hydrogens (primary N) is 1. The van der Waals surface area contributed by atoms with Crippen LogP contribution in [0.3, 0.4) is 0 Å². The van der Waals surface area contributed by atoms with E-state index < -0.39 is 0 Å². The molecular formula is C12H27N3O. The number of hydrogen-bond acceptors (Lipinski definition) is 3. The van der Waals surface area contributed by atoms with Crippen LogP contribution in [-0.4, -0.2) is 43.5 Å². The van der Waals surface area contributed by atoms with Crippen molar-refractivity contribution in [3.05, 3.63) is 0 Å². The van der Waals surface area contributed by atoms with Gasteiger partial charge in [0.25, 0.3) is 0 Å². The van der Waals surface area contributed by atoms with Crippen LogP contribution in [0.5, 0.6) is 0 Å². The molecule has 4 nitrogen and oxygen atoms in total. The van der Waals surface area contributed by atoms with Crippen LogP contribution in [-0.2, 0) is 4.79 Å². The molecule has 4 heteroatoms. The Hall–Kier alpha value is -0.610. The summed E-state index contributed by atoms with van der Waals surface area (Å²) in [5.74, 6) is 0.166. The van der Waals surface area contributed by atoms with Gasteiger partial charge in [0, 0.05) is 19.5 Å². The lowest BCUT2D eigenvalue weighted by atomic mass is 10.2. The smallest absolute Gasteiger partial charge is 0.221 e. The van der Waals surface area contributed by atoms with Crippen molar-refractivity contribution >= 4 is 5.91 Å². The molecule has 0 atom stereocenters. The van der Waals surface area contributed by atoms with Gasteiger partial charge in [-0.05, 0) is 32.5 Å². The maximum atomic E-state index is 11.4. The van der Waals surface area contributed by atoms with Crippen molar-refractivity contribution in [2.24, 2.45) is 5.73 Å². The molecule has 0 radical (unpaired) electrons. The first-order valence-electron chi connectivity index (χ1n) is 6.43. The summed E-state index contributed by atoms with van der Waals surface area (Å²) in [5.41, 5.74) is 5.39. The molecule has 0 aliphatic heterocycles. The van der Waals surface area contributed by atoms with Crippen molar-refractivity contribution in [1.82, 2.24) is 10.2 Å². The fraction of sp³-hybridized carbons (Fsp3) is 0.917. The predicted octanol–water partition coefficient (Wildman–Crippen LogP) is 0.964. The van der Waals surface area contributed by atoms with Gasteiger partial charge in [0.1, 0.15) is 0 Å². The van der Waals surface area contributed by atoms with Crippen LogP contribution in [0.15, 0.2) is 0 Å². The van der Waals surface area contributed by atoms with Gasteiger partial charge >= 0.3 is 0 Å². The predicted molar refractivity (Wildman–Crippen MR) is 68.3 cm³/mol. The van der Waals surface area contributed by atoms with Crippen LogP contribution in [0.25, 0.3) is 0 Å². The van der Waals surface area contributed by atoms with E-state index in [-0.39, 0.29) is 5.91 Å². The van der Waals surface area contributed by atoms with Crippen LogP contribution >= 0.6 is 0 Å². The van der Waals surface area contributed by atoms with E-state index in [1.54, 1.807) is 0 Å². The lowest BCUT2D eigenvalue weighted by Gasteiger charge is -2.17. The van der Waals surface area contributed by atoms with E-state index >= 15 is 0 Å². The summed E-state index contributed by atoms with van der Waals surface area (Å²) < 4.78 is 0. The molecule has 0 aromatic rings. The lowest BCUT2D eigenvalue weighted by molar-refractivity contribution is -0.121. The summed E-state index contributed by atoms with van der Waals surface area (Å²) >= 11 is 0. The van der Waals surface area contributed by atoms with E-state index in [2.05, 4.69) is 24.1 Å². The maximum absolute atomic E-state index is 11.4. The lowest BCUT2D eigenvalue weighted by Crippen LogP contribution is -2.31. The van der Waals surface area contributed by atoms with Gasteiger partial charge < -0.3 is 16.0 Å². The summed E-state index contributed by atoms with van der Waals surface area (Å²) in [6.07, 6.45) is 3.80. The molecule has 3 N–H and O–H groups in total. The van der Waals surface area contributed by atoms with E-state index in [0.29, 0.717) is 6.42 Å². The van der Waals surface area contributed by atoms with Crippen molar-refractivity contribution in [2.75, 3.05) is 32.7 Å². The highest BCUT2D eigenvalue weighted by atomic mass is 16.1. The third kappa shape index (κ3) is 8.68. The fourth-order valence-corrected chi connectivity index (χ4v) is 1.56. The first-order valence-corrected chi connectivity index (χ1v) is 6.43. The van der Waals surface area contributed by atoms with Crippen LogP contribution in [0, 0.1) is 0 Å². The number of unbranched alkanes of at least 4 members (excludes halogenated alkanes) is 2. The summed E-state index contributed by atoms with van der Waals surface area (Å²) in [6.45, 7) is 8.66. The average Bonchev–Trinajstić information content (AvgIpc) is 2.30. The Morgan fingerprint density at radius 3 is 2.44 bits per heavy atom. The van der Waals surface area contributed by atoms with Gasteiger partial charge in [-0.15, -0.1) is 0 Å². The third-order valence-corrected chi connectivity index (χ3v) is 2.75. The fourth-order valence-electron chi connectivity index (χ4n) is 1.56. The zero-order valence-corrected chi connectivity index (χ0v) is 10.8. The summed E-state index contributed by atoms with van der Waals surface area (Å²) in [4.78, 5) is 13.7. The van der Waals surface area contributed by atoms with E-state index in [0.717, 1.165) is 52.0 Å². The van der Waals surface area contributed by atoms with Crippen LogP contribution in [0.2, 0.25) is 0 Å². The first-order chi connectivity index (χ1) is 7.74. The van der Waals surface area contributed by atoms with Gasteiger partial charge in [-0.3, -0.25) is 4.79 Å². The minimum atomic E-state index is 0.166. The van der Waals surface area contributed by atoms with Crippen LogP contribution < -0.4 is 11.1 Å². The Bertz CT molecular complexity index is 170. The Kier molecular flexibility index (Phi) is 10.5. The summed E-state index contributed by atoms with van der Waals surface area (Å²) in [6, 6.07) is 0. The van der Waals surface area contributed by atoms with Gasteiger partial charge in [-0.2, -0.15) is 0 Å². The van der Waals surface area contributed by atoms with Crippen molar-refractivity contribution < 1.29 is 4.79 Å². The highest BCUT2D eigenvalue weighted by Gasteiger charge is 2.04. The van der Waals surface area contributed by atoms with Crippen LogP contribution in [0.1, 0.15) is 39.5 Å². The van der Waals surface area contributed by atoms with Crippen molar-refractivity contribution in [3.63, 3.8) is 0 Å². The maximum Gasteiger partial charge on any atom is 0.221 e. The Morgan fingerprint density at radius 2 is 1.88 bits per heavy atom. The molecule has 1 amide bonds. The number of nitrogens with zero attached hydrogens (tertiary/aromatic N) is 1. The molecule has 0 aliphatic carbocycles. The second kappa shape index (κ2) is 10.9. The SMILES string of the molecule is CCN(CC)CCC(=O)NCCCCCN. The Labute approximate surface area is 99.6 Å². The Morgan fingerprint density at radius 1 is 1.19 bits per heavy atom. The highest BCUT2D eigenvalue weighted by molar-refractivity contribution is 5.75. The van der Waals surface area contributed by atoms with Gasteiger partial charge in [0.15, 0.2) is 0 Å². The van der Waals surface area contributed by atoms with E-state index in [1.807, 2.05) is 0 Å².